The summed E-state index contributed by atoms with van der Waals surface area (Å²) >= 11 is 0. The van der Waals surface area contributed by atoms with Crippen molar-refractivity contribution < 1.29 is 22.7 Å². The number of hydrogen-bond acceptors (Lipinski definition) is 7. The lowest BCUT2D eigenvalue weighted by molar-refractivity contribution is -0.150. The molecule has 2 aromatic rings. The van der Waals surface area contributed by atoms with Crippen LogP contribution >= 0.6 is 0 Å². The number of aryl methyl sites for hydroxylation is 1. The van der Waals surface area contributed by atoms with Gasteiger partial charge in [0.2, 0.25) is 10.0 Å². The predicted molar refractivity (Wildman–Crippen MR) is 120 cm³/mol. The fourth-order valence-electron chi connectivity index (χ4n) is 4.58. The molecule has 3 heterocycles. The van der Waals surface area contributed by atoms with E-state index < -0.39 is 10.0 Å². The number of likely N-dealkylation sites (tertiary alicyclic amines) is 1. The molecule has 0 amide bonds. The molecule has 32 heavy (non-hydrogen) atoms. The molecule has 0 bridgehead atoms. The number of benzene rings is 1. The van der Waals surface area contributed by atoms with Crippen LogP contribution in [0.4, 0.5) is 0 Å². The number of carbonyl (C=O) groups excluding carboxylic acids is 1. The first-order valence-corrected chi connectivity index (χ1v) is 12.8. The molecule has 2 saturated heterocycles. The molecule has 0 spiro atoms. The first kappa shape index (κ1) is 23.2. The van der Waals surface area contributed by atoms with Gasteiger partial charge in [-0.1, -0.05) is 0 Å². The minimum absolute atomic E-state index is 0.103. The lowest BCUT2D eigenvalue weighted by Crippen LogP contribution is -2.40. The van der Waals surface area contributed by atoms with Gasteiger partial charge in [-0.15, -0.1) is 0 Å². The molecule has 1 aromatic heterocycles. The van der Waals surface area contributed by atoms with Crippen molar-refractivity contribution in [2.45, 2.75) is 44.7 Å². The van der Waals surface area contributed by atoms with Crippen molar-refractivity contribution >= 4 is 27.0 Å². The predicted octanol–water partition coefficient (Wildman–Crippen LogP) is 1.85. The number of imidazole rings is 1. The average Bonchev–Trinajstić information content (AvgIpc) is 3.16. The Labute approximate surface area is 189 Å². The van der Waals surface area contributed by atoms with Crippen molar-refractivity contribution in [1.82, 2.24) is 18.8 Å². The Hall–Kier alpha value is -2.01. The lowest BCUT2D eigenvalue weighted by Gasteiger charge is -2.31. The molecular formula is C22H32N4O5S. The van der Waals surface area contributed by atoms with Gasteiger partial charge in [-0.05, 0) is 51.4 Å². The van der Waals surface area contributed by atoms with Crippen molar-refractivity contribution in [3.05, 3.63) is 24.0 Å². The van der Waals surface area contributed by atoms with Gasteiger partial charge < -0.3 is 14.0 Å². The monoisotopic (exact) mass is 464 g/mol. The molecule has 0 aliphatic carbocycles. The van der Waals surface area contributed by atoms with E-state index in [2.05, 4.69) is 16.4 Å². The Balaban J connectivity index is 1.57. The van der Waals surface area contributed by atoms with Gasteiger partial charge in [-0.25, -0.2) is 13.4 Å². The minimum atomic E-state index is -3.57. The highest BCUT2D eigenvalue weighted by Gasteiger charge is 2.29. The summed E-state index contributed by atoms with van der Waals surface area (Å²) in [5, 5.41) is 0. The zero-order valence-electron chi connectivity index (χ0n) is 18.8. The van der Waals surface area contributed by atoms with Crippen LogP contribution in [0.1, 0.15) is 32.5 Å². The molecule has 176 valence electrons. The largest absolute Gasteiger partial charge is 0.466 e. The van der Waals surface area contributed by atoms with Crippen LogP contribution in [0.5, 0.6) is 0 Å². The Kier molecular flexibility index (Phi) is 7.14. The summed E-state index contributed by atoms with van der Waals surface area (Å²) in [4.78, 5) is 19.5. The van der Waals surface area contributed by atoms with Crippen LogP contribution in [0.15, 0.2) is 23.1 Å². The molecule has 0 N–H and O–H groups in total. The van der Waals surface area contributed by atoms with Gasteiger partial charge in [0, 0.05) is 26.2 Å². The van der Waals surface area contributed by atoms with Gasteiger partial charge in [0.1, 0.15) is 5.82 Å². The maximum Gasteiger partial charge on any atom is 0.310 e. The number of hydrogen-bond donors (Lipinski definition) is 0. The van der Waals surface area contributed by atoms with Crippen LogP contribution < -0.4 is 0 Å². The molecule has 2 aliphatic rings. The molecule has 1 aromatic carbocycles. The van der Waals surface area contributed by atoms with Crippen LogP contribution in [0.3, 0.4) is 0 Å². The maximum absolute atomic E-state index is 13.0. The molecule has 9 nitrogen and oxygen atoms in total. The number of rotatable bonds is 7. The van der Waals surface area contributed by atoms with E-state index in [0.29, 0.717) is 51.5 Å². The molecule has 0 unspecified atom stereocenters. The first-order chi connectivity index (χ1) is 15.4. The van der Waals surface area contributed by atoms with Gasteiger partial charge in [0.05, 0.1) is 48.2 Å². The van der Waals surface area contributed by atoms with Crippen molar-refractivity contribution in [2.24, 2.45) is 5.92 Å². The second kappa shape index (κ2) is 9.86. The van der Waals surface area contributed by atoms with Gasteiger partial charge in [0.25, 0.3) is 0 Å². The quantitative estimate of drug-likeness (QED) is 0.577. The number of carbonyl (C=O) groups is 1. The zero-order valence-corrected chi connectivity index (χ0v) is 19.6. The SMILES string of the molecule is CCOC(=O)[C@H]1CCCN(Cc2nc3cc(S(=O)(=O)N4CCOCC4)ccc3n2CC)C1. The molecule has 4 rings (SSSR count). The third-order valence-electron chi connectivity index (χ3n) is 6.21. The smallest absolute Gasteiger partial charge is 0.310 e. The van der Waals surface area contributed by atoms with Crippen LogP contribution in [0.25, 0.3) is 11.0 Å². The highest BCUT2D eigenvalue weighted by atomic mass is 32.2. The molecule has 2 aliphatic heterocycles. The number of sulfonamides is 1. The molecule has 0 saturated carbocycles. The lowest BCUT2D eigenvalue weighted by atomic mass is 9.98. The fraction of sp³-hybridized carbons (Fsp3) is 0.636. The third kappa shape index (κ3) is 4.68. The van der Waals surface area contributed by atoms with E-state index in [1.807, 2.05) is 13.0 Å². The van der Waals surface area contributed by atoms with E-state index in [1.54, 1.807) is 12.1 Å². The van der Waals surface area contributed by atoms with Crippen molar-refractivity contribution in [2.75, 3.05) is 46.0 Å². The molecule has 0 radical (unpaired) electrons. The van der Waals surface area contributed by atoms with Crippen molar-refractivity contribution in [1.29, 1.82) is 0 Å². The number of morpholine rings is 1. The summed E-state index contributed by atoms with van der Waals surface area (Å²) in [7, 11) is -3.57. The summed E-state index contributed by atoms with van der Waals surface area (Å²) in [6, 6.07) is 5.19. The number of piperidine rings is 1. The molecular weight excluding hydrogens is 432 g/mol. The van der Waals surface area contributed by atoms with E-state index in [0.717, 1.165) is 37.3 Å². The number of esters is 1. The van der Waals surface area contributed by atoms with E-state index in [-0.39, 0.29) is 16.8 Å². The van der Waals surface area contributed by atoms with E-state index in [4.69, 9.17) is 14.5 Å². The summed E-state index contributed by atoms with van der Waals surface area (Å²) in [5.41, 5.74) is 1.59. The van der Waals surface area contributed by atoms with Crippen molar-refractivity contribution in [3.63, 3.8) is 0 Å². The summed E-state index contributed by atoms with van der Waals surface area (Å²) in [5.74, 6) is 0.653. The van der Waals surface area contributed by atoms with E-state index in [1.165, 1.54) is 4.31 Å². The van der Waals surface area contributed by atoms with Gasteiger partial charge in [-0.2, -0.15) is 4.31 Å². The average molecular weight is 465 g/mol. The third-order valence-corrected chi connectivity index (χ3v) is 8.11. The topological polar surface area (TPSA) is 94.0 Å². The Bertz CT molecular complexity index is 1060. The standard InChI is InChI=1S/C22H32N4O5S/c1-3-26-20-8-7-18(32(28,29)25-10-12-30-13-11-25)14-19(20)23-21(26)16-24-9-5-6-17(15-24)22(27)31-4-2/h7-8,14,17H,3-6,9-13,15-16H2,1-2H3/t17-/m0/s1. The van der Waals surface area contributed by atoms with Gasteiger partial charge in [0.15, 0.2) is 0 Å². The van der Waals surface area contributed by atoms with Crippen LogP contribution in [0.2, 0.25) is 0 Å². The second-order valence-electron chi connectivity index (χ2n) is 8.27. The van der Waals surface area contributed by atoms with Gasteiger partial charge in [-0.3, -0.25) is 9.69 Å². The Morgan fingerprint density at radius 3 is 2.72 bits per heavy atom. The van der Waals surface area contributed by atoms with Crippen molar-refractivity contribution in [3.8, 4) is 0 Å². The number of nitrogens with zero attached hydrogens (tertiary/aromatic N) is 4. The molecule has 2 fully saturated rings. The van der Waals surface area contributed by atoms with Crippen LogP contribution in [0, 0.1) is 5.92 Å². The summed E-state index contributed by atoms with van der Waals surface area (Å²) < 4.78 is 40.2. The molecule has 1 atom stereocenters. The zero-order chi connectivity index (χ0) is 22.7. The van der Waals surface area contributed by atoms with Crippen LogP contribution in [-0.4, -0.2) is 79.1 Å². The maximum atomic E-state index is 13.0. The van der Waals surface area contributed by atoms with Crippen LogP contribution in [-0.2, 0) is 37.4 Å². The normalized spacial score (nSPS) is 21.1. The molecule has 10 heteroatoms. The van der Waals surface area contributed by atoms with E-state index >= 15 is 0 Å². The fourth-order valence-corrected chi connectivity index (χ4v) is 6.01. The summed E-state index contributed by atoms with van der Waals surface area (Å²) in [6.07, 6.45) is 1.79. The first-order valence-electron chi connectivity index (χ1n) is 11.4. The Morgan fingerprint density at radius 2 is 2.00 bits per heavy atom. The van der Waals surface area contributed by atoms with E-state index in [9.17, 15) is 13.2 Å². The highest BCUT2D eigenvalue weighted by Crippen LogP contribution is 2.25. The second-order valence-corrected chi connectivity index (χ2v) is 10.2. The highest BCUT2D eigenvalue weighted by molar-refractivity contribution is 7.89. The number of aromatic nitrogens is 2. The minimum Gasteiger partial charge on any atom is -0.466 e. The number of fused-ring (bicyclic) bond motifs is 1. The number of ether oxygens (including phenoxy) is 2. The Morgan fingerprint density at radius 1 is 1.22 bits per heavy atom. The van der Waals surface area contributed by atoms with Gasteiger partial charge >= 0.3 is 5.97 Å². The summed E-state index contributed by atoms with van der Waals surface area (Å²) in [6.45, 7) is 8.75.